The lowest BCUT2D eigenvalue weighted by Crippen LogP contribution is -2.32. The topological polar surface area (TPSA) is 80.2 Å². The molecule has 1 amide bonds. The van der Waals surface area contributed by atoms with E-state index in [0.717, 1.165) is 18.7 Å². The predicted octanol–water partition coefficient (Wildman–Crippen LogP) is 3.22. The third-order valence-corrected chi connectivity index (χ3v) is 8.80. The van der Waals surface area contributed by atoms with Crippen LogP contribution in [0, 0.1) is 5.92 Å². The lowest BCUT2D eigenvalue weighted by Gasteiger charge is -2.13. The van der Waals surface area contributed by atoms with Gasteiger partial charge in [0.2, 0.25) is 0 Å². The van der Waals surface area contributed by atoms with Crippen molar-refractivity contribution >= 4 is 50.8 Å². The molecule has 0 spiro atoms. The Kier molecular flexibility index (Phi) is 5.71. The lowest BCUT2D eigenvalue weighted by atomic mass is 10.2. The Morgan fingerprint density at radius 3 is 2.52 bits per heavy atom. The number of aromatic nitrogens is 2. The standard InChI is InChI=1S/C15H17N3O3S4/c1-10(2)9-23-15-17-16-14(24-15)22-8-7-18-13(19)11-5-3-4-6-12(11)25(18,20)21/h3-6,10H,7-9H2,1-2H3. The van der Waals surface area contributed by atoms with Crippen LogP contribution in [-0.4, -0.2) is 46.9 Å². The average Bonchev–Trinajstić information content (AvgIpc) is 3.10. The molecule has 0 aliphatic carbocycles. The number of benzene rings is 1. The van der Waals surface area contributed by atoms with E-state index in [-0.39, 0.29) is 17.0 Å². The van der Waals surface area contributed by atoms with Crippen molar-refractivity contribution in [3.8, 4) is 0 Å². The molecule has 3 rings (SSSR count). The fourth-order valence-corrected chi connectivity index (χ4v) is 6.90. The minimum atomic E-state index is -3.73. The SMILES string of the molecule is CC(C)CSc1nnc(SCCN2C(=O)c3ccccc3S2(=O)=O)s1. The maximum atomic E-state index is 12.5. The molecule has 1 aliphatic rings. The number of carbonyl (C=O) groups is 1. The van der Waals surface area contributed by atoms with Gasteiger partial charge >= 0.3 is 0 Å². The molecule has 2 heterocycles. The highest BCUT2D eigenvalue weighted by Crippen LogP contribution is 2.32. The van der Waals surface area contributed by atoms with Gasteiger partial charge in [0.05, 0.1) is 5.56 Å². The summed E-state index contributed by atoms with van der Waals surface area (Å²) in [6, 6.07) is 6.31. The Bertz CT molecular complexity index is 880. The molecule has 0 bridgehead atoms. The van der Waals surface area contributed by atoms with Crippen LogP contribution in [0.15, 0.2) is 37.8 Å². The van der Waals surface area contributed by atoms with E-state index in [4.69, 9.17) is 0 Å². The summed E-state index contributed by atoms with van der Waals surface area (Å²) in [5, 5.41) is 8.24. The second-order valence-electron chi connectivity index (χ2n) is 5.77. The largest absolute Gasteiger partial charge is 0.269 e. The summed E-state index contributed by atoms with van der Waals surface area (Å²) in [6.07, 6.45) is 0. The summed E-state index contributed by atoms with van der Waals surface area (Å²) in [5.74, 6) is 1.56. The van der Waals surface area contributed by atoms with Gasteiger partial charge in [-0.1, -0.05) is 60.8 Å². The van der Waals surface area contributed by atoms with Crippen molar-refractivity contribution in [2.45, 2.75) is 27.4 Å². The van der Waals surface area contributed by atoms with Crippen LogP contribution < -0.4 is 0 Å². The molecule has 0 unspecified atom stereocenters. The number of sulfonamides is 1. The number of nitrogens with zero attached hydrogens (tertiary/aromatic N) is 3. The quantitative estimate of drug-likeness (QED) is 0.642. The first kappa shape index (κ1) is 18.7. The molecule has 10 heteroatoms. The van der Waals surface area contributed by atoms with E-state index in [2.05, 4.69) is 24.0 Å². The van der Waals surface area contributed by atoms with E-state index >= 15 is 0 Å². The van der Waals surface area contributed by atoms with Crippen molar-refractivity contribution in [1.29, 1.82) is 0 Å². The summed E-state index contributed by atoms with van der Waals surface area (Å²) in [6.45, 7) is 4.42. The molecule has 0 atom stereocenters. The first-order valence-corrected chi connectivity index (χ1v) is 11.9. The van der Waals surface area contributed by atoms with Gasteiger partial charge in [0, 0.05) is 18.1 Å². The molecule has 25 heavy (non-hydrogen) atoms. The van der Waals surface area contributed by atoms with E-state index in [1.807, 2.05) is 0 Å². The average molecular weight is 416 g/mol. The first-order chi connectivity index (χ1) is 11.9. The second-order valence-corrected chi connectivity index (χ2v) is 11.2. The fourth-order valence-electron chi connectivity index (χ4n) is 2.22. The van der Waals surface area contributed by atoms with Crippen LogP contribution in [0.4, 0.5) is 0 Å². The molecule has 134 valence electrons. The number of rotatable bonds is 7. The number of hydrogen-bond acceptors (Lipinski definition) is 8. The monoisotopic (exact) mass is 415 g/mol. The maximum absolute atomic E-state index is 12.5. The zero-order chi connectivity index (χ0) is 18.0. The van der Waals surface area contributed by atoms with Gasteiger partial charge < -0.3 is 0 Å². The second kappa shape index (κ2) is 7.65. The van der Waals surface area contributed by atoms with Crippen LogP contribution in [-0.2, 0) is 10.0 Å². The van der Waals surface area contributed by atoms with Gasteiger partial charge in [-0.05, 0) is 18.1 Å². The van der Waals surface area contributed by atoms with E-state index < -0.39 is 15.9 Å². The van der Waals surface area contributed by atoms with Crippen LogP contribution >= 0.6 is 34.9 Å². The molecule has 0 radical (unpaired) electrons. The Hall–Kier alpha value is -1.10. The number of hydrogen-bond donors (Lipinski definition) is 0. The van der Waals surface area contributed by atoms with Gasteiger partial charge in [0.1, 0.15) is 4.90 Å². The van der Waals surface area contributed by atoms with Crippen LogP contribution in [0.5, 0.6) is 0 Å². The highest BCUT2D eigenvalue weighted by atomic mass is 32.2. The molecular weight excluding hydrogens is 398 g/mol. The molecule has 0 saturated heterocycles. The number of carbonyl (C=O) groups excluding carboxylic acids is 1. The highest BCUT2D eigenvalue weighted by Gasteiger charge is 2.40. The minimum Gasteiger partial charge on any atom is -0.268 e. The van der Waals surface area contributed by atoms with Gasteiger partial charge in [-0.3, -0.25) is 4.79 Å². The third kappa shape index (κ3) is 4.02. The van der Waals surface area contributed by atoms with Crippen molar-refractivity contribution in [1.82, 2.24) is 14.5 Å². The Labute approximate surface area is 159 Å². The molecule has 1 aromatic carbocycles. The minimum absolute atomic E-state index is 0.0910. The lowest BCUT2D eigenvalue weighted by molar-refractivity contribution is 0.0876. The molecule has 0 saturated carbocycles. The van der Waals surface area contributed by atoms with Crippen molar-refractivity contribution in [3.63, 3.8) is 0 Å². The van der Waals surface area contributed by atoms with Gasteiger partial charge in [-0.25, -0.2) is 12.7 Å². The van der Waals surface area contributed by atoms with E-state index in [0.29, 0.717) is 11.7 Å². The molecular formula is C15H17N3O3S4. The van der Waals surface area contributed by atoms with Crippen molar-refractivity contribution in [2.75, 3.05) is 18.1 Å². The van der Waals surface area contributed by atoms with Gasteiger partial charge in [0.15, 0.2) is 8.68 Å². The van der Waals surface area contributed by atoms with Gasteiger partial charge in [-0.2, -0.15) is 0 Å². The van der Waals surface area contributed by atoms with Gasteiger partial charge in [0.25, 0.3) is 15.9 Å². The fraction of sp³-hybridized carbons (Fsp3) is 0.400. The third-order valence-electron chi connectivity index (χ3n) is 3.36. The Balaban J connectivity index is 1.59. The molecule has 0 N–H and O–H groups in total. The van der Waals surface area contributed by atoms with Crippen LogP contribution in [0.3, 0.4) is 0 Å². The van der Waals surface area contributed by atoms with Gasteiger partial charge in [-0.15, -0.1) is 10.2 Å². The zero-order valence-electron chi connectivity index (χ0n) is 13.7. The molecule has 1 aromatic heterocycles. The summed E-state index contributed by atoms with van der Waals surface area (Å²) in [4.78, 5) is 12.4. The summed E-state index contributed by atoms with van der Waals surface area (Å²) >= 11 is 4.58. The van der Waals surface area contributed by atoms with E-state index in [9.17, 15) is 13.2 Å². The van der Waals surface area contributed by atoms with Crippen molar-refractivity contribution < 1.29 is 13.2 Å². The van der Waals surface area contributed by atoms with E-state index in [1.165, 1.54) is 29.2 Å². The van der Waals surface area contributed by atoms with Crippen LogP contribution in [0.1, 0.15) is 24.2 Å². The molecule has 2 aromatic rings. The Morgan fingerprint density at radius 2 is 1.84 bits per heavy atom. The summed E-state index contributed by atoms with van der Waals surface area (Å²) in [7, 11) is -3.73. The summed E-state index contributed by atoms with van der Waals surface area (Å²) in [5.41, 5.74) is 0.246. The smallest absolute Gasteiger partial charge is 0.268 e. The zero-order valence-corrected chi connectivity index (χ0v) is 17.0. The number of thioether (sulfide) groups is 2. The highest BCUT2D eigenvalue weighted by molar-refractivity contribution is 8.03. The molecule has 1 aliphatic heterocycles. The normalized spacial score (nSPS) is 15.8. The van der Waals surface area contributed by atoms with Crippen molar-refractivity contribution in [2.24, 2.45) is 5.92 Å². The Morgan fingerprint density at radius 1 is 1.16 bits per heavy atom. The first-order valence-electron chi connectivity index (χ1n) is 7.65. The summed E-state index contributed by atoms with van der Waals surface area (Å²) < 4.78 is 27.6. The maximum Gasteiger partial charge on any atom is 0.269 e. The van der Waals surface area contributed by atoms with Crippen LogP contribution in [0.2, 0.25) is 0 Å². The molecule has 0 fully saturated rings. The predicted molar refractivity (Wildman–Crippen MR) is 101 cm³/mol. The van der Waals surface area contributed by atoms with Crippen LogP contribution in [0.25, 0.3) is 0 Å². The number of amides is 1. The molecule has 6 nitrogen and oxygen atoms in total. The van der Waals surface area contributed by atoms with Crippen molar-refractivity contribution in [3.05, 3.63) is 29.8 Å². The van der Waals surface area contributed by atoms with E-state index in [1.54, 1.807) is 30.0 Å². The number of fused-ring (bicyclic) bond motifs is 1.